The summed E-state index contributed by atoms with van der Waals surface area (Å²) in [5.41, 5.74) is 1.18. The van der Waals surface area contributed by atoms with Gasteiger partial charge in [-0.1, -0.05) is 19.6 Å². The largest absolute Gasteiger partial charge is 0.497 e. The van der Waals surface area contributed by atoms with Gasteiger partial charge in [-0.3, -0.25) is 14.6 Å². The van der Waals surface area contributed by atoms with Crippen molar-refractivity contribution < 1.29 is 19.1 Å². The van der Waals surface area contributed by atoms with Crippen LogP contribution in [-0.2, 0) is 4.79 Å². The second-order valence-electron chi connectivity index (χ2n) is 9.76. The van der Waals surface area contributed by atoms with Gasteiger partial charge >= 0.3 is 6.03 Å². The zero-order valence-corrected chi connectivity index (χ0v) is 24.0. The highest BCUT2D eigenvalue weighted by Crippen LogP contribution is 2.27. The molecule has 12 heteroatoms. The number of carbonyl (C=O) groups is 2. The normalized spacial score (nSPS) is 20.3. The van der Waals surface area contributed by atoms with E-state index < -0.39 is 6.03 Å². The van der Waals surface area contributed by atoms with E-state index in [1.165, 1.54) is 17.3 Å². The van der Waals surface area contributed by atoms with Crippen LogP contribution in [0.3, 0.4) is 0 Å². The van der Waals surface area contributed by atoms with Crippen LogP contribution in [0.1, 0.15) is 13.3 Å². The minimum atomic E-state index is -0.419. The molecule has 1 saturated heterocycles. The predicted octanol–water partition coefficient (Wildman–Crippen LogP) is 2.87. The van der Waals surface area contributed by atoms with Crippen molar-refractivity contribution in [1.29, 1.82) is 0 Å². The molecule has 4 rings (SSSR count). The number of aliphatic imine (C=N–C) groups is 1. The van der Waals surface area contributed by atoms with Gasteiger partial charge in [0.05, 0.1) is 26.0 Å². The van der Waals surface area contributed by atoms with Gasteiger partial charge in [0, 0.05) is 69.2 Å². The van der Waals surface area contributed by atoms with E-state index in [0.29, 0.717) is 41.0 Å². The summed E-state index contributed by atoms with van der Waals surface area (Å²) in [4.78, 5) is 44.8. The van der Waals surface area contributed by atoms with Crippen molar-refractivity contribution >= 4 is 35.0 Å². The Kier molecular flexibility index (Phi) is 10.0. The zero-order valence-electron chi connectivity index (χ0n) is 24.0. The molecule has 1 aliphatic heterocycles. The highest BCUT2D eigenvalue weighted by molar-refractivity contribution is 6.04. The van der Waals surface area contributed by atoms with E-state index in [4.69, 9.17) is 14.5 Å². The number of ether oxygens (including phenoxy) is 2. The number of nitrogens with zero attached hydrogens (tertiary/aromatic N) is 6. The summed E-state index contributed by atoms with van der Waals surface area (Å²) in [5, 5.41) is 5.84. The van der Waals surface area contributed by atoms with Gasteiger partial charge in [-0.15, -0.1) is 0 Å². The highest BCUT2D eigenvalue weighted by atomic mass is 16.5. The van der Waals surface area contributed by atoms with Gasteiger partial charge in [-0.05, 0) is 25.1 Å². The molecule has 1 aromatic carbocycles. The molecule has 1 aromatic heterocycles. The SMILES string of the molecule is C=CC(=O)NC1CC(N2CCN(CC)CC2)C=CC1=Nc1cc(N(C)C(=O)Nc2cc(OC)cc(OC)c2)ncn1. The molecule has 2 aliphatic rings. The Labute approximate surface area is 240 Å². The third-order valence-corrected chi connectivity index (χ3v) is 7.28. The Hall–Kier alpha value is -4.29. The first-order valence-electron chi connectivity index (χ1n) is 13.6. The lowest BCUT2D eigenvalue weighted by Gasteiger charge is -2.40. The van der Waals surface area contributed by atoms with Crippen LogP contribution in [0.25, 0.3) is 0 Å². The fourth-order valence-corrected chi connectivity index (χ4v) is 4.83. The molecule has 2 aromatic rings. The molecule has 0 bridgehead atoms. The molecule has 41 heavy (non-hydrogen) atoms. The first-order chi connectivity index (χ1) is 19.8. The Morgan fingerprint density at radius 3 is 2.46 bits per heavy atom. The van der Waals surface area contributed by atoms with E-state index in [1.54, 1.807) is 45.5 Å². The molecule has 2 N–H and O–H groups in total. The monoisotopic (exact) mass is 562 g/mol. The summed E-state index contributed by atoms with van der Waals surface area (Å²) in [5.74, 6) is 1.55. The van der Waals surface area contributed by atoms with Crippen molar-refractivity contribution in [3.63, 3.8) is 0 Å². The first kappa shape index (κ1) is 29.7. The molecule has 2 heterocycles. The van der Waals surface area contributed by atoms with Gasteiger partial charge in [-0.2, -0.15) is 0 Å². The van der Waals surface area contributed by atoms with Crippen molar-refractivity contribution in [1.82, 2.24) is 25.1 Å². The van der Waals surface area contributed by atoms with E-state index in [9.17, 15) is 9.59 Å². The van der Waals surface area contributed by atoms with E-state index >= 15 is 0 Å². The standard InChI is InChI=1S/C29H38N8O4/c1-6-28(38)34-25-16-21(37-12-10-36(7-2)11-13-37)8-9-24(25)33-26-18-27(31-19-30-26)35(3)29(39)32-20-14-22(40-4)17-23(15-20)41-5/h6,8-9,14-15,17-19,21,25H,1,7,10-13,16H2,2-5H3,(H,32,39)(H,34,38). The van der Waals surface area contributed by atoms with Crippen LogP contribution in [0.2, 0.25) is 0 Å². The average Bonchev–Trinajstić information content (AvgIpc) is 3.01. The minimum Gasteiger partial charge on any atom is -0.497 e. The summed E-state index contributed by atoms with van der Waals surface area (Å²) < 4.78 is 10.6. The number of benzene rings is 1. The van der Waals surface area contributed by atoms with Crippen molar-refractivity contribution in [3.8, 4) is 11.5 Å². The predicted molar refractivity (Wildman–Crippen MR) is 159 cm³/mol. The third kappa shape index (κ3) is 7.68. The Balaban J connectivity index is 1.51. The molecule has 2 atom stereocenters. The van der Waals surface area contributed by atoms with E-state index in [1.807, 2.05) is 6.08 Å². The van der Waals surface area contributed by atoms with Crippen molar-refractivity contribution in [2.75, 3.05) is 64.2 Å². The number of hydrogen-bond acceptors (Lipinski definition) is 9. The molecule has 218 valence electrons. The van der Waals surface area contributed by atoms with Crippen LogP contribution in [0.4, 0.5) is 22.1 Å². The van der Waals surface area contributed by atoms with E-state index in [2.05, 4.69) is 50.0 Å². The van der Waals surface area contributed by atoms with Crippen LogP contribution in [-0.4, -0.2) is 103 Å². The van der Waals surface area contributed by atoms with Crippen LogP contribution in [0.5, 0.6) is 11.5 Å². The lowest BCUT2D eigenvalue weighted by Crippen LogP contribution is -2.53. The van der Waals surface area contributed by atoms with E-state index in [-0.39, 0.29) is 18.0 Å². The number of methoxy groups -OCH3 is 2. The number of anilines is 2. The van der Waals surface area contributed by atoms with Crippen molar-refractivity contribution in [3.05, 3.63) is 55.4 Å². The molecular weight excluding hydrogens is 524 g/mol. The number of nitrogens with one attached hydrogen (secondary N) is 2. The Morgan fingerprint density at radius 1 is 1.12 bits per heavy atom. The number of rotatable bonds is 9. The third-order valence-electron chi connectivity index (χ3n) is 7.28. The van der Waals surface area contributed by atoms with E-state index in [0.717, 1.165) is 32.7 Å². The quantitative estimate of drug-likeness (QED) is 0.447. The summed E-state index contributed by atoms with van der Waals surface area (Å²) in [6.45, 7) is 10.8. The summed E-state index contributed by atoms with van der Waals surface area (Å²) in [6, 6.07) is 6.17. The molecule has 2 unspecified atom stereocenters. The van der Waals surface area contributed by atoms with Gasteiger partial charge in [0.15, 0.2) is 5.82 Å². The number of piperazine rings is 1. The van der Waals surface area contributed by atoms with Crippen molar-refractivity contribution in [2.24, 2.45) is 4.99 Å². The second-order valence-corrected chi connectivity index (χ2v) is 9.76. The highest BCUT2D eigenvalue weighted by Gasteiger charge is 2.30. The number of urea groups is 1. The molecule has 1 aliphatic carbocycles. The van der Waals surface area contributed by atoms with Gasteiger partial charge in [-0.25, -0.2) is 19.8 Å². The van der Waals surface area contributed by atoms with Crippen LogP contribution >= 0.6 is 0 Å². The summed E-state index contributed by atoms with van der Waals surface area (Å²) in [7, 11) is 4.68. The number of aromatic nitrogens is 2. The van der Waals surface area contributed by atoms with Crippen LogP contribution in [0, 0.1) is 0 Å². The topological polar surface area (TPSA) is 125 Å². The lowest BCUT2D eigenvalue weighted by molar-refractivity contribution is -0.116. The average molecular weight is 563 g/mol. The second kappa shape index (κ2) is 13.9. The van der Waals surface area contributed by atoms with Gasteiger partial charge in [0.25, 0.3) is 0 Å². The maximum absolute atomic E-state index is 13.0. The fraction of sp³-hybridized carbons (Fsp3) is 0.414. The maximum Gasteiger partial charge on any atom is 0.327 e. The minimum absolute atomic E-state index is 0.189. The fourth-order valence-electron chi connectivity index (χ4n) is 4.83. The first-order valence-corrected chi connectivity index (χ1v) is 13.6. The number of amides is 3. The molecular formula is C29H38N8O4. The number of hydrogen-bond donors (Lipinski definition) is 2. The molecule has 1 fully saturated rings. The Bertz CT molecular complexity index is 1280. The molecule has 0 saturated carbocycles. The molecule has 3 amide bonds. The zero-order chi connectivity index (χ0) is 29.4. The van der Waals surface area contributed by atoms with Gasteiger partial charge in [0.1, 0.15) is 23.6 Å². The van der Waals surface area contributed by atoms with Gasteiger partial charge in [0.2, 0.25) is 5.91 Å². The number of likely N-dealkylation sites (N-methyl/N-ethyl adjacent to an activating group) is 1. The maximum atomic E-state index is 13.0. The van der Waals surface area contributed by atoms with Crippen molar-refractivity contribution in [2.45, 2.75) is 25.4 Å². The summed E-state index contributed by atoms with van der Waals surface area (Å²) in [6.07, 6.45) is 7.39. The molecule has 12 nitrogen and oxygen atoms in total. The number of carbonyl (C=O) groups excluding carboxylic acids is 2. The Morgan fingerprint density at radius 2 is 1.83 bits per heavy atom. The summed E-state index contributed by atoms with van der Waals surface area (Å²) >= 11 is 0. The molecule has 0 radical (unpaired) electrons. The molecule has 0 spiro atoms. The lowest BCUT2D eigenvalue weighted by atomic mass is 9.93. The van der Waals surface area contributed by atoms with Gasteiger partial charge < -0.3 is 25.0 Å². The van der Waals surface area contributed by atoms with Crippen LogP contribution in [0.15, 0.2) is 60.4 Å². The smallest absolute Gasteiger partial charge is 0.327 e. The van der Waals surface area contributed by atoms with Crippen LogP contribution < -0.4 is 25.0 Å².